The second-order valence-electron chi connectivity index (χ2n) is 9.22. The summed E-state index contributed by atoms with van der Waals surface area (Å²) in [6.45, 7) is 2.10. The monoisotopic (exact) mass is 454 g/mol. The van der Waals surface area contributed by atoms with E-state index in [1.807, 2.05) is 48.5 Å². The van der Waals surface area contributed by atoms with Crippen LogP contribution in [0.15, 0.2) is 77.0 Å². The molecule has 2 aromatic rings. The van der Waals surface area contributed by atoms with E-state index in [1.54, 1.807) is 20.2 Å². The van der Waals surface area contributed by atoms with E-state index in [0.717, 1.165) is 22.4 Å². The van der Waals surface area contributed by atoms with Crippen LogP contribution in [-0.2, 0) is 14.9 Å². The van der Waals surface area contributed by atoms with Gasteiger partial charge in [0.05, 0.1) is 18.7 Å². The van der Waals surface area contributed by atoms with Gasteiger partial charge < -0.3 is 15.2 Å². The number of hydrogen-bond donors (Lipinski definition) is 1. The Hall–Kier alpha value is -4.05. The Bertz CT molecular complexity index is 1320. The first-order valence-corrected chi connectivity index (χ1v) is 11.2. The summed E-state index contributed by atoms with van der Waals surface area (Å²) < 4.78 is 11.9. The number of nitrogens with zero attached hydrogens (tertiary/aromatic N) is 3. The van der Waals surface area contributed by atoms with E-state index < -0.39 is 17.1 Å². The molecule has 5 rings (SSSR count). The lowest BCUT2D eigenvalue weighted by atomic mass is 9.69. The smallest absolute Gasteiger partial charge is 0.261 e. The van der Waals surface area contributed by atoms with Crippen LogP contribution in [0.3, 0.4) is 0 Å². The van der Waals surface area contributed by atoms with Crippen LogP contribution in [0, 0.1) is 11.3 Å². The number of carbonyl (C=O) groups excluding carboxylic acids is 1. The molecule has 1 amide bonds. The quantitative estimate of drug-likeness (QED) is 0.762. The summed E-state index contributed by atoms with van der Waals surface area (Å²) in [5, 5.41) is 9.38. The van der Waals surface area contributed by atoms with Crippen molar-refractivity contribution < 1.29 is 14.3 Å². The van der Waals surface area contributed by atoms with E-state index in [4.69, 9.17) is 20.2 Å². The van der Waals surface area contributed by atoms with Crippen LogP contribution < -0.4 is 10.5 Å². The van der Waals surface area contributed by atoms with Crippen LogP contribution in [0.25, 0.3) is 0 Å². The molecule has 0 radical (unpaired) electrons. The number of hydrogen-bond acceptors (Lipinski definition) is 6. The van der Waals surface area contributed by atoms with E-state index in [1.165, 1.54) is 4.90 Å². The minimum absolute atomic E-state index is 0.173. The number of allylic oxidation sites excluding steroid dienone is 2. The molecular weight excluding hydrogens is 428 g/mol. The lowest BCUT2D eigenvalue weighted by Crippen LogP contribution is -2.48. The van der Waals surface area contributed by atoms with Crippen molar-refractivity contribution in [1.82, 2.24) is 4.90 Å². The fourth-order valence-electron chi connectivity index (χ4n) is 5.05. The maximum Gasteiger partial charge on any atom is 0.261 e. The van der Waals surface area contributed by atoms with Crippen molar-refractivity contribution in [2.45, 2.75) is 36.8 Å². The predicted octanol–water partition coefficient (Wildman–Crippen LogP) is 3.73. The van der Waals surface area contributed by atoms with Gasteiger partial charge in [-0.2, -0.15) is 5.26 Å². The highest BCUT2D eigenvalue weighted by Gasteiger charge is 2.56. The molecule has 0 bridgehead atoms. The van der Waals surface area contributed by atoms with Gasteiger partial charge in [-0.25, -0.2) is 4.99 Å². The van der Waals surface area contributed by atoms with Crippen molar-refractivity contribution in [2.24, 2.45) is 10.7 Å². The van der Waals surface area contributed by atoms with E-state index in [0.29, 0.717) is 24.2 Å². The molecule has 7 heteroatoms. The third-order valence-corrected chi connectivity index (χ3v) is 7.06. The maximum absolute atomic E-state index is 13.6. The number of rotatable bonds is 3. The van der Waals surface area contributed by atoms with Gasteiger partial charge in [0, 0.05) is 24.5 Å². The molecule has 2 aliphatic heterocycles. The summed E-state index contributed by atoms with van der Waals surface area (Å²) in [5.41, 5.74) is 7.77. The number of likely N-dealkylation sites (N-methyl/N-ethyl adjacent to an activating group) is 1. The summed E-state index contributed by atoms with van der Waals surface area (Å²) in [7, 11) is 3.27. The van der Waals surface area contributed by atoms with Gasteiger partial charge in [0.2, 0.25) is 0 Å². The first-order chi connectivity index (χ1) is 16.3. The Morgan fingerprint density at radius 2 is 2.06 bits per heavy atom. The summed E-state index contributed by atoms with van der Waals surface area (Å²) in [4.78, 5) is 19.8. The Morgan fingerprint density at radius 1 is 1.26 bits per heavy atom. The molecule has 0 aromatic heterocycles. The molecule has 7 nitrogen and oxygen atoms in total. The van der Waals surface area contributed by atoms with Crippen molar-refractivity contribution in [2.75, 3.05) is 14.2 Å². The van der Waals surface area contributed by atoms with E-state index >= 15 is 0 Å². The van der Waals surface area contributed by atoms with Crippen LogP contribution in [0.2, 0.25) is 0 Å². The van der Waals surface area contributed by atoms with Crippen LogP contribution in [0.5, 0.6) is 5.75 Å². The second kappa shape index (κ2) is 7.77. The first-order valence-electron chi connectivity index (χ1n) is 11.2. The molecule has 3 aliphatic rings. The number of amides is 1. The SMILES string of the molecule is COc1cccc(C2CC3(N=C(N)N(C)C3=O)C3=CC(C)(c4cccc(C#N)c4)CC=C3O2)c1. The summed E-state index contributed by atoms with van der Waals surface area (Å²) in [5.74, 6) is 1.38. The molecular formula is C27H26N4O3. The van der Waals surface area contributed by atoms with Crippen LogP contribution >= 0.6 is 0 Å². The Balaban J connectivity index is 1.63. The highest BCUT2D eigenvalue weighted by molar-refractivity contribution is 6.09. The molecule has 172 valence electrons. The molecule has 0 saturated carbocycles. The van der Waals surface area contributed by atoms with E-state index in [-0.39, 0.29) is 11.9 Å². The lowest BCUT2D eigenvalue weighted by molar-refractivity contribution is -0.131. The maximum atomic E-state index is 13.6. The molecule has 2 aromatic carbocycles. The second-order valence-corrected chi connectivity index (χ2v) is 9.22. The van der Waals surface area contributed by atoms with Gasteiger partial charge in [-0.3, -0.25) is 9.69 Å². The molecule has 34 heavy (non-hydrogen) atoms. The van der Waals surface area contributed by atoms with Gasteiger partial charge in [-0.05, 0) is 47.9 Å². The highest BCUT2D eigenvalue weighted by atomic mass is 16.5. The van der Waals surface area contributed by atoms with Crippen LogP contribution in [0.1, 0.15) is 42.6 Å². The topological polar surface area (TPSA) is 101 Å². The molecule has 1 aliphatic carbocycles. The zero-order valence-electron chi connectivity index (χ0n) is 19.4. The molecule has 1 saturated heterocycles. The number of guanidine groups is 1. The Morgan fingerprint density at radius 3 is 2.76 bits per heavy atom. The normalized spacial score (nSPS) is 27.8. The number of ether oxygens (including phenoxy) is 2. The molecule has 2 heterocycles. The third-order valence-electron chi connectivity index (χ3n) is 7.06. The largest absolute Gasteiger partial charge is 0.497 e. The first kappa shape index (κ1) is 21.8. The number of methoxy groups -OCH3 is 1. The van der Waals surface area contributed by atoms with Crippen molar-refractivity contribution in [3.63, 3.8) is 0 Å². The minimum atomic E-state index is -1.18. The highest BCUT2D eigenvalue weighted by Crippen LogP contribution is 2.52. The van der Waals surface area contributed by atoms with Crippen molar-refractivity contribution in [3.8, 4) is 11.8 Å². The average Bonchev–Trinajstić information content (AvgIpc) is 3.08. The van der Waals surface area contributed by atoms with Crippen molar-refractivity contribution >= 4 is 11.9 Å². The molecule has 3 atom stereocenters. The van der Waals surface area contributed by atoms with E-state index in [9.17, 15) is 10.1 Å². The van der Waals surface area contributed by atoms with Crippen molar-refractivity contribution in [1.29, 1.82) is 5.26 Å². The number of nitriles is 1. The number of aliphatic imine (C=N–C) groups is 1. The number of fused-ring (bicyclic) bond motifs is 2. The van der Waals surface area contributed by atoms with Gasteiger partial charge >= 0.3 is 0 Å². The van der Waals surface area contributed by atoms with E-state index in [2.05, 4.69) is 19.1 Å². The Kier molecular flexibility index (Phi) is 4.98. The standard InChI is InChI=1S/C27H26N4O3/c1-26(19-8-4-6-17(12-19)16-28)11-10-22-21(14-26)27(24(32)31(2)25(29)30-27)15-23(34-22)18-7-5-9-20(13-18)33-3/h4-10,12-14,23H,11,15H2,1-3H3,(H2,29,30). The van der Waals surface area contributed by atoms with Gasteiger partial charge in [-0.1, -0.05) is 37.3 Å². The van der Waals surface area contributed by atoms with Crippen molar-refractivity contribution in [3.05, 3.63) is 88.7 Å². The molecule has 2 N–H and O–H groups in total. The fourth-order valence-corrected chi connectivity index (χ4v) is 5.05. The zero-order valence-corrected chi connectivity index (χ0v) is 19.4. The number of carbonyl (C=O) groups is 1. The summed E-state index contributed by atoms with van der Waals surface area (Å²) in [6, 6.07) is 17.4. The minimum Gasteiger partial charge on any atom is -0.497 e. The van der Waals surface area contributed by atoms with Gasteiger partial charge in [0.25, 0.3) is 5.91 Å². The summed E-state index contributed by atoms with van der Waals surface area (Å²) >= 11 is 0. The summed E-state index contributed by atoms with van der Waals surface area (Å²) in [6.07, 6.45) is 4.69. The molecule has 3 unspecified atom stereocenters. The zero-order chi connectivity index (χ0) is 24.1. The van der Waals surface area contributed by atoms with Crippen LogP contribution in [0.4, 0.5) is 0 Å². The van der Waals surface area contributed by atoms with Gasteiger partial charge in [-0.15, -0.1) is 0 Å². The van der Waals surface area contributed by atoms with Gasteiger partial charge in [0.1, 0.15) is 17.6 Å². The average molecular weight is 455 g/mol. The molecule has 1 spiro atoms. The van der Waals surface area contributed by atoms with Gasteiger partial charge in [0.15, 0.2) is 11.5 Å². The predicted molar refractivity (Wildman–Crippen MR) is 128 cm³/mol. The number of nitrogens with two attached hydrogens (primary N) is 1. The number of benzene rings is 2. The van der Waals surface area contributed by atoms with Crippen LogP contribution in [-0.4, -0.2) is 36.5 Å². The fraction of sp³-hybridized carbons (Fsp3) is 0.296. The molecule has 1 fully saturated rings. The third kappa shape index (κ3) is 3.26. The Labute approximate surface area is 198 Å². The lowest BCUT2D eigenvalue weighted by Gasteiger charge is -2.43.